The van der Waals surface area contributed by atoms with Crippen LogP contribution in [0.15, 0.2) is 42.6 Å². The minimum absolute atomic E-state index is 0.195. The monoisotopic (exact) mass is 309 g/mol. The first-order valence-electron chi connectivity index (χ1n) is 6.00. The first kappa shape index (κ1) is 14.6. The Morgan fingerprint density at radius 1 is 1.20 bits per heavy atom. The Morgan fingerprint density at radius 3 is 2.65 bits per heavy atom. The minimum Gasteiger partial charge on any atom is -0.330 e. The first-order valence-corrected chi connectivity index (χ1v) is 6.75. The maximum absolute atomic E-state index is 11.9. The molecule has 2 rings (SSSR count). The number of carbonyl (C=O) groups excluding carboxylic acids is 1. The molecule has 20 heavy (non-hydrogen) atoms. The predicted molar refractivity (Wildman–Crippen MR) is 81.3 cm³/mol. The zero-order valence-electron chi connectivity index (χ0n) is 10.7. The molecule has 0 fully saturated rings. The van der Waals surface area contributed by atoms with Gasteiger partial charge in [0.05, 0.1) is 21.8 Å². The van der Waals surface area contributed by atoms with Crippen molar-refractivity contribution in [1.29, 1.82) is 0 Å². The average molecular weight is 310 g/mol. The second kappa shape index (κ2) is 6.59. The van der Waals surface area contributed by atoms with Gasteiger partial charge in [-0.15, -0.1) is 0 Å². The van der Waals surface area contributed by atoms with Crippen LogP contribution in [0.4, 0.5) is 10.5 Å². The molecule has 0 spiro atoms. The number of amides is 2. The van der Waals surface area contributed by atoms with E-state index in [1.807, 2.05) is 25.1 Å². The molecule has 1 aromatic carbocycles. The van der Waals surface area contributed by atoms with E-state index in [9.17, 15) is 4.79 Å². The maximum atomic E-state index is 11.9. The van der Waals surface area contributed by atoms with Crippen LogP contribution < -0.4 is 10.6 Å². The maximum Gasteiger partial charge on any atom is 0.319 e. The topological polar surface area (TPSA) is 54.0 Å². The van der Waals surface area contributed by atoms with Gasteiger partial charge in [0, 0.05) is 11.9 Å². The molecule has 4 nitrogen and oxygen atoms in total. The quantitative estimate of drug-likeness (QED) is 0.889. The summed E-state index contributed by atoms with van der Waals surface area (Å²) in [6, 6.07) is 9.92. The van der Waals surface area contributed by atoms with Crippen LogP contribution in [0.2, 0.25) is 10.0 Å². The fourth-order valence-electron chi connectivity index (χ4n) is 1.64. The van der Waals surface area contributed by atoms with Gasteiger partial charge in [-0.05, 0) is 37.3 Å². The lowest BCUT2D eigenvalue weighted by Gasteiger charge is -2.14. The summed E-state index contributed by atoms with van der Waals surface area (Å²) in [6.45, 7) is 1.86. The molecule has 6 heteroatoms. The van der Waals surface area contributed by atoms with E-state index in [0.717, 1.165) is 5.69 Å². The standard InChI is InChI=1S/C14H13Cl2N3O/c1-9(13-4-2-3-7-17-13)18-14(20)19-10-5-6-11(15)12(16)8-10/h2-9H,1H3,(H2,18,19,20). The Morgan fingerprint density at radius 2 is 2.00 bits per heavy atom. The summed E-state index contributed by atoms with van der Waals surface area (Å²) in [5.74, 6) is 0. The number of hydrogen-bond donors (Lipinski definition) is 2. The van der Waals surface area contributed by atoms with Crippen LogP contribution in [0, 0.1) is 0 Å². The molecule has 1 heterocycles. The van der Waals surface area contributed by atoms with Crippen LogP contribution in [0.25, 0.3) is 0 Å². The number of nitrogens with one attached hydrogen (secondary N) is 2. The molecule has 0 aliphatic rings. The zero-order chi connectivity index (χ0) is 14.5. The smallest absolute Gasteiger partial charge is 0.319 e. The SMILES string of the molecule is CC(NC(=O)Nc1ccc(Cl)c(Cl)c1)c1ccccn1. The molecule has 0 aliphatic carbocycles. The van der Waals surface area contributed by atoms with Crippen LogP contribution in [-0.2, 0) is 0 Å². The van der Waals surface area contributed by atoms with Crippen molar-refractivity contribution in [3.8, 4) is 0 Å². The lowest BCUT2D eigenvalue weighted by Crippen LogP contribution is -2.31. The number of hydrogen-bond acceptors (Lipinski definition) is 2. The van der Waals surface area contributed by atoms with Gasteiger partial charge >= 0.3 is 6.03 Å². The van der Waals surface area contributed by atoms with Crippen molar-refractivity contribution >= 4 is 34.9 Å². The molecule has 104 valence electrons. The fourth-order valence-corrected chi connectivity index (χ4v) is 1.94. The Bertz CT molecular complexity index is 605. The minimum atomic E-state index is -0.332. The molecular weight excluding hydrogens is 297 g/mol. The second-order valence-corrected chi connectivity index (χ2v) is 5.02. The van der Waals surface area contributed by atoms with Crippen molar-refractivity contribution in [1.82, 2.24) is 10.3 Å². The number of nitrogens with zero attached hydrogens (tertiary/aromatic N) is 1. The third kappa shape index (κ3) is 3.85. The van der Waals surface area contributed by atoms with E-state index >= 15 is 0 Å². The Hall–Kier alpha value is -1.78. The highest BCUT2D eigenvalue weighted by Gasteiger charge is 2.10. The molecular formula is C14H13Cl2N3O. The molecule has 1 aromatic heterocycles. The van der Waals surface area contributed by atoms with Gasteiger partial charge < -0.3 is 10.6 Å². The summed E-state index contributed by atoms with van der Waals surface area (Å²) in [7, 11) is 0. The Labute approximate surface area is 127 Å². The number of pyridine rings is 1. The van der Waals surface area contributed by atoms with Crippen LogP contribution in [0.5, 0.6) is 0 Å². The number of anilines is 1. The molecule has 2 amide bonds. The lowest BCUT2D eigenvalue weighted by atomic mass is 10.2. The summed E-state index contributed by atoms with van der Waals surface area (Å²) in [5.41, 5.74) is 1.36. The summed E-state index contributed by atoms with van der Waals surface area (Å²) in [4.78, 5) is 16.0. The number of carbonyl (C=O) groups is 1. The molecule has 0 radical (unpaired) electrons. The van der Waals surface area contributed by atoms with Crippen molar-refractivity contribution in [3.63, 3.8) is 0 Å². The highest BCUT2D eigenvalue weighted by molar-refractivity contribution is 6.42. The van der Waals surface area contributed by atoms with Crippen LogP contribution in [-0.4, -0.2) is 11.0 Å². The van der Waals surface area contributed by atoms with E-state index in [0.29, 0.717) is 15.7 Å². The lowest BCUT2D eigenvalue weighted by molar-refractivity contribution is 0.249. The van der Waals surface area contributed by atoms with E-state index in [2.05, 4.69) is 15.6 Å². The van der Waals surface area contributed by atoms with Crippen molar-refractivity contribution in [3.05, 3.63) is 58.3 Å². The number of halogens is 2. The van der Waals surface area contributed by atoms with Crippen LogP contribution in [0.1, 0.15) is 18.7 Å². The zero-order valence-corrected chi connectivity index (χ0v) is 12.2. The van der Waals surface area contributed by atoms with E-state index in [1.54, 1.807) is 24.4 Å². The normalized spacial score (nSPS) is 11.8. The van der Waals surface area contributed by atoms with Crippen molar-refractivity contribution in [2.75, 3.05) is 5.32 Å². The third-order valence-electron chi connectivity index (χ3n) is 2.66. The highest BCUT2D eigenvalue weighted by Crippen LogP contribution is 2.25. The van der Waals surface area contributed by atoms with Gasteiger partial charge in [-0.25, -0.2) is 4.79 Å². The van der Waals surface area contributed by atoms with Crippen molar-refractivity contribution in [2.24, 2.45) is 0 Å². The third-order valence-corrected chi connectivity index (χ3v) is 3.40. The number of rotatable bonds is 3. The largest absolute Gasteiger partial charge is 0.330 e. The van der Waals surface area contributed by atoms with E-state index in [4.69, 9.17) is 23.2 Å². The highest BCUT2D eigenvalue weighted by atomic mass is 35.5. The number of aromatic nitrogens is 1. The average Bonchev–Trinajstić information content (AvgIpc) is 2.44. The predicted octanol–water partition coefficient (Wildman–Crippen LogP) is 4.27. The van der Waals surface area contributed by atoms with Crippen molar-refractivity contribution < 1.29 is 4.79 Å². The van der Waals surface area contributed by atoms with Crippen LogP contribution >= 0.6 is 23.2 Å². The van der Waals surface area contributed by atoms with E-state index in [-0.39, 0.29) is 12.1 Å². The molecule has 0 aliphatic heterocycles. The van der Waals surface area contributed by atoms with Gasteiger partial charge in [0.15, 0.2) is 0 Å². The fraction of sp³-hybridized carbons (Fsp3) is 0.143. The molecule has 1 unspecified atom stereocenters. The van der Waals surface area contributed by atoms with E-state index in [1.165, 1.54) is 0 Å². The Kier molecular flexibility index (Phi) is 4.82. The van der Waals surface area contributed by atoms with Gasteiger partial charge in [-0.3, -0.25) is 4.98 Å². The number of urea groups is 1. The first-order chi connectivity index (χ1) is 9.56. The van der Waals surface area contributed by atoms with Gasteiger partial charge in [0.25, 0.3) is 0 Å². The van der Waals surface area contributed by atoms with E-state index < -0.39 is 0 Å². The second-order valence-electron chi connectivity index (χ2n) is 4.20. The van der Waals surface area contributed by atoms with Gasteiger partial charge in [-0.1, -0.05) is 29.3 Å². The number of benzene rings is 1. The Balaban J connectivity index is 1.97. The summed E-state index contributed by atoms with van der Waals surface area (Å²) >= 11 is 11.7. The van der Waals surface area contributed by atoms with Crippen LogP contribution in [0.3, 0.4) is 0 Å². The molecule has 2 N–H and O–H groups in total. The molecule has 0 saturated heterocycles. The van der Waals surface area contributed by atoms with Gasteiger partial charge in [0.1, 0.15) is 0 Å². The van der Waals surface area contributed by atoms with Gasteiger partial charge in [-0.2, -0.15) is 0 Å². The summed E-state index contributed by atoms with van der Waals surface area (Å²) in [5, 5.41) is 6.31. The molecule has 0 saturated carbocycles. The summed E-state index contributed by atoms with van der Waals surface area (Å²) < 4.78 is 0. The molecule has 0 bridgehead atoms. The van der Waals surface area contributed by atoms with Gasteiger partial charge in [0.2, 0.25) is 0 Å². The molecule has 2 aromatic rings. The van der Waals surface area contributed by atoms with Crippen molar-refractivity contribution in [2.45, 2.75) is 13.0 Å². The summed E-state index contributed by atoms with van der Waals surface area (Å²) in [6.07, 6.45) is 1.68. The molecule has 1 atom stereocenters.